The molecule has 3 aliphatic rings. The van der Waals surface area contributed by atoms with E-state index in [0.717, 1.165) is 12.8 Å². The number of carbonyl (C=O) groups excluding carboxylic acids is 1. The molecule has 2 amide bonds. The van der Waals surface area contributed by atoms with Crippen molar-refractivity contribution in [3.05, 3.63) is 0 Å². The van der Waals surface area contributed by atoms with E-state index in [4.69, 9.17) is 9.31 Å². The predicted octanol–water partition coefficient (Wildman–Crippen LogP) is 1.39. The summed E-state index contributed by atoms with van der Waals surface area (Å²) >= 11 is 0. The van der Waals surface area contributed by atoms with E-state index in [1.165, 1.54) is 0 Å². The van der Waals surface area contributed by atoms with Crippen molar-refractivity contribution in [3.63, 3.8) is 0 Å². The SMILES string of the molecule is CC1(C)OB(C2CCN(C(=O)N3CCS(=O)(=O)CC3)CC2)OC1(C)C. The van der Waals surface area contributed by atoms with Gasteiger partial charge in [0.1, 0.15) is 0 Å². The molecule has 0 radical (unpaired) electrons. The molecule has 0 N–H and O–H groups in total. The standard InChI is InChI=1S/C16H29BN2O5S/c1-15(2)16(3,4)24-17(23-15)13-5-7-18(8-6-13)14(20)19-9-11-25(21,22)12-10-19/h13H,5-12H2,1-4H3. The van der Waals surface area contributed by atoms with Gasteiger partial charge in [-0.2, -0.15) is 0 Å². The van der Waals surface area contributed by atoms with Crippen molar-refractivity contribution in [3.8, 4) is 0 Å². The molecular weight excluding hydrogens is 343 g/mol. The first-order valence-electron chi connectivity index (χ1n) is 9.11. The zero-order valence-corrected chi connectivity index (χ0v) is 16.5. The summed E-state index contributed by atoms with van der Waals surface area (Å²) in [7, 11) is -3.19. The smallest absolute Gasteiger partial charge is 0.403 e. The topological polar surface area (TPSA) is 76.2 Å². The first kappa shape index (κ1) is 19.0. The van der Waals surface area contributed by atoms with E-state index < -0.39 is 9.84 Å². The average molecular weight is 372 g/mol. The van der Waals surface area contributed by atoms with Crippen molar-refractivity contribution < 1.29 is 22.5 Å². The van der Waals surface area contributed by atoms with Crippen LogP contribution in [0.3, 0.4) is 0 Å². The summed E-state index contributed by atoms with van der Waals surface area (Å²) in [5.74, 6) is 0.429. The predicted molar refractivity (Wildman–Crippen MR) is 96.3 cm³/mol. The molecule has 3 rings (SSSR count). The number of sulfone groups is 1. The van der Waals surface area contributed by atoms with Crippen molar-refractivity contribution in [1.82, 2.24) is 9.80 Å². The molecule has 0 bridgehead atoms. The average Bonchev–Trinajstić information content (AvgIpc) is 2.75. The third-order valence-corrected chi connectivity index (χ3v) is 7.69. The van der Waals surface area contributed by atoms with Gasteiger partial charge in [0.15, 0.2) is 9.84 Å². The van der Waals surface area contributed by atoms with Gasteiger partial charge in [0.2, 0.25) is 0 Å². The zero-order chi connectivity index (χ0) is 18.5. The van der Waals surface area contributed by atoms with Gasteiger partial charge in [-0.1, -0.05) is 0 Å². The minimum atomic E-state index is -2.97. The highest BCUT2D eigenvalue weighted by molar-refractivity contribution is 7.91. The Morgan fingerprint density at radius 1 is 0.920 bits per heavy atom. The number of likely N-dealkylation sites (tertiary alicyclic amines) is 1. The van der Waals surface area contributed by atoms with Crippen LogP contribution in [0.15, 0.2) is 0 Å². The molecule has 0 atom stereocenters. The van der Waals surface area contributed by atoms with Crippen LogP contribution in [0.1, 0.15) is 40.5 Å². The fourth-order valence-electron chi connectivity index (χ4n) is 3.55. The third kappa shape index (κ3) is 3.83. The van der Waals surface area contributed by atoms with Crippen molar-refractivity contribution >= 4 is 23.0 Å². The molecule has 142 valence electrons. The van der Waals surface area contributed by atoms with Gasteiger partial charge in [0, 0.05) is 26.2 Å². The number of rotatable bonds is 1. The molecule has 0 saturated carbocycles. The van der Waals surface area contributed by atoms with E-state index in [0.29, 0.717) is 26.2 Å². The fraction of sp³-hybridized carbons (Fsp3) is 0.938. The van der Waals surface area contributed by atoms with E-state index in [1.807, 2.05) is 4.90 Å². The molecule has 9 heteroatoms. The second-order valence-corrected chi connectivity index (χ2v) is 10.7. The number of carbonyl (C=O) groups is 1. The summed E-state index contributed by atoms with van der Waals surface area (Å²) in [6.45, 7) is 10.1. The van der Waals surface area contributed by atoms with E-state index in [1.54, 1.807) is 4.90 Å². The lowest BCUT2D eigenvalue weighted by Gasteiger charge is -2.37. The molecule has 0 aromatic carbocycles. The molecule has 25 heavy (non-hydrogen) atoms. The Morgan fingerprint density at radius 2 is 1.36 bits per heavy atom. The summed E-state index contributed by atoms with van der Waals surface area (Å²) in [5, 5.41) is 0. The number of urea groups is 1. The molecular formula is C16H29BN2O5S. The first-order chi connectivity index (χ1) is 11.5. The zero-order valence-electron chi connectivity index (χ0n) is 15.7. The van der Waals surface area contributed by atoms with Gasteiger partial charge >= 0.3 is 13.1 Å². The molecule has 0 unspecified atom stereocenters. The summed E-state index contributed by atoms with van der Waals surface area (Å²) < 4.78 is 35.3. The van der Waals surface area contributed by atoms with Crippen LogP contribution in [0.5, 0.6) is 0 Å². The van der Waals surface area contributed by atoms with Gasteiger partial charge < -0.3 is 19.1 Å². The Hall–Kier alpha value is -0.795. The van der Waals surface area contributed by atoms with Crippen LogP contribution >= 0.6 is 0 Å². The van der Waals surface area contributed by atoms with Gasteiger partial charge in [-0.05, 0) is 46.4 Å². The van der Waals surface area contributed by atoms with Crippen LogP contribution in [0.25, 0.3) is 0 Å². The monoisotopic (exact) mass is 372 g/mol. The van der Waals surface area contributed by atoms with E-state index in [9.17, 15) is 13.2 Å². The maximum absolute atomic E-state index is 12.6. The Balaban J connectivity index is 1.52. The highest BCUT2D eigenvalue weighted by Gasteiger charge is 2.54. The number of hydrogen-bond donors (Lipinski definition) is 0. The summed E-state index contributed by atoms with van der Waals surface area (Å²) in [5.41, 5.74) is -0.659. The van der Waals surface area contributed by atoms with Crippen LogP contribution in [-0.4, -0.2) is 80.3 Å². The van der Waals surface area contributed by atoms with Crippen LogP contribution < -0.4 is 0 Å². The Bertz CT molecular complexity index is 598. The van der Waals surface area contributed by atoms with E-state index in [-0.39, 0.29) is 41.7 Å². The molecule has 0 aromatic rings. The maximum atomic E-state index is 12.6. The maximum Gasteiger partial charge on any atom is 0.461 e. The molecule has 0 aromatic heterocycles. The van der Waals surface area contributed by atoms with Crippen molar-refractivity contribution in [2.75, 3.05) is 37.7 Å². The van der Waals surface area contributed by atoms with Gasteiger partial charge in [-0.15, -0.1) is 0 Å². The summed E-state index contributed by atoms with van der Waals surface area (Å²) in [6.07, 6.45) is 1.68. The molecule has 3 fully saturated rings. The van der Waals surface area contributed by atoms with Gasteiger partial charge in [-0.25, -0.2) is 13.2 Å². The van der Waals surface area contributed by atoms with Crippen LogP contribution in [-0.2, 0) is 19.1 Å². The van der Waals surface area contributed by atoms with Crippen molar-refractivity contribution in [1.29, 1.82) is 0 Å². The second-order valence-electron chi connectivity index (χ2n) is 8.37. The van der Waals surface area contributed by atoms with E-state index in [2.05, 4.69) is 27.7 Å². The number of hydrogen-bond acceptors (Lipinski definition) is 5. The highest BCUT2D eigenvalue weighted by atomic mass is 32.2. The fourth-order valence-corrected chi connectivity index (χ4v) is 4.75. The second kappa shape index (κ2) is 6.42. The lowest BCUT2D eigenvalue weighted by atomic mass is 9.67. The Kier molecular flexibility index (Phi) is 4.88. The molecule has 0 spiro atoms. The Morgan fingerprint density at radius 3 is 1.84 bits per heavy atom. The lowest BCUT2D eigenvalue weighted by molar-refractivity contribution is 0.00578. The summed E-state index contributed by atoms with van der Waals surface area (Å²) in [6, 6.07) is -0.0396. The van der Waals surface area contributed by atoms with Crippen LogP contribution in [0.2, 0.25) is 5.82 Å². The van der Waals surface area contributed by atoms with Gasteiger partial charge in [0.05, 0.1) is 22.7 Å². The van der Waals surface area contributed by atoms with Crippen LogP contribution in [0, 0.1) is 0 Å². The van der Waals surface area contributed by atoms with Crippen molar-refractivity contribution in [2.24, 2.45) is 0 Å². The van der Waals surface area contributed by atoms with E-state index >= 15 is 0 Å². The normalized spacial score (nSPS) is 29.0. The molecule has 7 nitrogen and oxygen atoms in total. The van der Waals surface area contributed by atoms with Crippen molar-refractivity contribution in [2.45, 2.75) is 57.6 Å². The number of nitrogens with zero attached hydrogens (tertiary/aromatic N) is 2. The number of piperidine rings is 1. The molecule has 3 aliphatic heterocycles. The quantitative estimate of drug-likeness (QED) is 0.651. The highest BCUT2D eigenvalue weighted by Crippen LogP contribution is 2.42. The molecule has 0 aliphatic carbocycles. The Labute approximate surface area is 151 Å². The van der Waals surface area contributed by atoms with Crippen LogP contribution in [0.4, 0.5) is 4.79 Å². The lowest BCUT2D eigenvalue weighted by Crippen LogP contribution is -2.52. The molecule has 3 saturated heterocycles. The number of amides is 2. The summed E-state index contributed by atoms with van der Waals surface area (Å²) in [4.78, 5) is 16.1. The van der Waals surface area contributed by atoms with Gasteiger partial charge in [0.25, 0.3) is 0 Å². The largest absolute Gasteiger partial charge is 0.461 e. The first-order valence-corrected chi connectivity index (χ1v) is 10.9. The third-order valence-electron chi connectivity index (χ3n) is 6.08. The molecule has 3 heterocycles. The van der Waals surface area contributed by atoms with Gasteiger partial charge in [-0.3, -0.25) is 0 Å². The minimum absolute atomic E-state index is 0.0396. The minimum Gasteiger partial charge on any atom is -0.403 e.